The summed E-state index contributed by atoms with van der Waals surface area (Å²) in [5.74, 6) is -4.52. The molecule has 0 saturated heterocycles. The summed E-state index contributed by atoms with van der Waals surface area (Å²) in [6.07, 6.45) is 0.498. The zero-order valence-corrected chi connectivity index (χ0v) is 13.6. The standard InChI is InChI=1S/C19H17F2NO3/c1-11(16-14(20)7-4-8-15(16)21)18(23)22-10-9-12-5-2-3-6-13(12)17(22)19(24)25/h2-8,11,17H,9-10H2,1H3,(H,24,25). The van der Waals surface area contributed by atoms with E-state index in [9.17, 15) is 23.5 Å². The van der Waals surface area contributed by atoms with Crippen molar-refractivity contribution in [3.63, 3.8) is 0 Å². The first kappa shape index (κ1) is 17.1. The molecule has 6 heteroatoms. The average molecular weight is 345 g/mol. The highest BCUT2D eigenvalue weighted by atomic mass is 19.1. The highest BCUT2D eigenvalue weighted by Crippen LogP contribution is 2.33. The topological polar surface area (TPSA) is 57.6 Å². The number of carbonyl (C=O) groups is 2. The van der Waals surface area contributed by atoms with Crippen LogP contribution in [0.1, 0.15) is 35.6 Å². The van der Waals surface area contributed by atoms with Crippen molar-refractivity contribution in [1.29, 1.82) is 0 Å². The van der Waals surface area contributed by atoms with E-state index >= 15 is 0 Å². The fraction of sp³-hybridized carbons (Fsp3) is 0.263. The highest BCUT2D eigenvalue weighted by Gasteiger charge is 2.38. The summed E-state index contributed by atoms with van der Waals surface area (Å²) in [4.78, 5) is 25.8. The molecule has 1 aliphatic heterocycles. The van der Waals surface area contributed by atoms with Crippen LogP contribution in [0.25, 0.3) is 0 Å². The lowest BCUT2D eigenvalue weighted by Gasteiger charge is -2.36. The van der Waals surface area contributed by atoms with Crippen LogP contribution in [0.4, 0.5) is 8.78 Å². The number of nitrogens with zero attached hydrogens (tertiary/aromatic N) is 1. The molecule has 1 amide bonds. The summed E-state index contributed by atoms with van der Waals surface area (Å²) in [5, 5.41) is 9.62. The SMILES string of the molecule is CC(C(=O)N1CCc2ccccc2C1C(=O)O)c1c(F)cccc1F. The van der Waals surface area contributed by atoms with Gasteiger partial charge < -0.3 is 10.0 Å². The molecule has 0 saturated carbocycles. The van der Waals surface area contributed by atoms with Crippen LogP contribution in [0.15, 0.2) is 42.5 Å². The van der Waals surface area contributed by atoms with Crippen molar-refractivity contribution < 1.29 is 23.5 Å². The number of aliphatic carboxylic acids is 1. The minimum atomic E-state index is -1.17. The average Bonchev–Trinajstić information content (AvgIpc) is 2.59. The second-order valence-corrected chi connectivity index (χ2v) is 6.08. The summed E-state index contributed by atoms with van der Waals surface area (Å²) < 4.78 is 28.0. The smallest absolute Gasteiger partial charge is 0.331 e. The number of carboxylic acid groups (broad SMARTS) is 1. The van der Waals surface area contributed by atoms with Gasteiger partial charge in [0.05, 0.1) is 5.92 Å². The van der Waals surface area contributed by atoms with Crippen LogP contribution in [0, 0.1) is 11.6 Å². The van der Waals surface area contributed by atoms with E-state index in [2.05, 4.69) is 0 Å². The van der Waals surface area contributed by atoms with E-state index in [1.807, 2.05) is 12.1 Å². The Kier molecular flexibility index (Phi) is 4.53. The quantitative estimate of drug-likeness (QED) is 0.929. The van der Waals surface area contributed by atoms with Crippen molar-refractivity contribution in [2.24, 2.45) is 0 Å². The van der Waals surface area contributed by atoms with E-state index in [4.69, 9.17) is 0 Å². The molecule has 0 fully saturated rings. The van der Waals surface area contributed by atoms with Crippen LogP contribution in [0.2, 0.25) is 0 Å². The summed E-state index contributed by atoms with van der Waals surface area (Å²) in [5.41, 5.74) is 1.06. The molecule has 0 spiro atoms. The first-order chi connectivity index (χ1) is 11.9. The van der Waals surface area contributed by atoms with E-state index in [-0.39, 0.29) is 12.1 Å². The Morgan fingerprint density at radius 2 is 1.76 bits per heavy atom. The van der Waals surface area contributed by atoms with Gasteiger partial charge in [0.1, 0.15) is 11.6 Å². The number of carbonyl (C=O) groups excluding carboxylic acids is 1. The maximum atomic E-state index is 14.0. The van der Waals surface area contributed by atoms with Crippen LogP contribution in [0.3, 0.4) is 0 Å². The summed E-state index contributed by atoms with van der Waals surface area (Å²) in [7, 11) is 0. The second kappa shape index (κ2) is 6.63. The first-order valence-corrected chi connectivity index (χ1v) is 7.96. The fourth-order valence-corrected chi connectivity index (χ4v) is 3.37. The van der Waals surface area contributed by atoms with E-state index in [1.54, 1.807) is 12.1 Å². The van der Waals surface area contributed by atoms with Gasteiger partial charge in [-0.1, -0.05) is 30.3 Å². The van der Waals surface area contributed by atoms with Crippen molar-refractivity contribution in [2.45, 2.75) is 25.3 Å². The fourth-order valence-electron chi connectivity index (χ4n) is 3.37. The van der Waals surface area contributed by atoms with Crippen LogP contribution in [0.5, 0.6) is 0 Å². The van der Waals surface area contributed by atoms with Crippen LogP contribution in [-0.2, 0) is 16.0 Å². The number of hydrogen-bond donors (Lipinski definition) is 1. The Labute approximate surface area is 143 Å². The minimum Gasteiger partial charge on any atom is -0.479 e. The highest BCUT2D eigenvalue weighted by molar-refractivity contribution is 5.89. The van der Waals surface area contributed by atoms with E-state index in [1.165, 1.54) is 17.9 Å². The second-order valence-electron chi connectivity index (χ2n) is 6.08. The van der Waals surface area contributed by atoms with Gasteiger partial charge in [-0.15, -0.1) is 0 Å². The number of hydrogen-bond acceptors (Lipinski definition) is 2. The van der Waals surface area contributed by atoms with Gasteiger partial charge in [-0.05, 0) is 36.6 Å². The summed E-state index contributed by atoms with van der Waals surface area (Å²) in [6.45, 7) is 1.58. The molecule has 0 aliphatic carbocycles. The molecule has 1 N–H and O–H groups in total. The molecule has 2 aromatic carbocycles. The third-order valence-electron chi connectivity index (χ3n) is 4.60. The number of rotatable bonds is 3. The predicted molar refractivity (Wildman–Crippen MR) is 87.0 cm³/mol. The third-order valence-corrected chi connectivity index (χ3v) is 4.60. The summed E-state index contributed by atoms with van der Waals surface area (Å²) in [6, 6.07) is 9.26. The van der Waals surface area contributed by atoms with Gasteiger partial charge >= 0.3 is 5.97 Å². The zero-order valence-electron chi connectivity index (χ0n) is 13.6. The molecule has 2 aromatic rings. The van der Waals surface area contributed by atoms with Crippen molar-refractivity contribution in [2.75, 3.05) is 6.54 Å². The monoisotopic (exact) mass is 345 g/mol. The molecular weight excluding hydrogens is 328 g/mol. The molecule has 1 heterocycles. The van der Waals surface area contributed by atoms with E-state index in [0.717, 1.165) is 17.7 Å². The molecule has 0 aromatic heterocycles. The maximum absolute atomic E-state index is 14.0. The first-order valence-electron chi connectivity index (χ1n) is 7.96. The van der Waals surface area contributed by atoms with E-state index < -0.39 is 35.5 Å². The molecule has 4 nitrogen and oxygen atoms in total. The zero-order chi connectivity index (χ0) is 18.1. The maximum Gasteiger partial charge on any atom is 0.331 e. The lowest BCUT2D eigenvalue weighted by atomic mass is 9.90. The Morgan fingerprint density at radius 3 is 2.40 bits per heavy atom. The Morgan fingerprint density at radius 1 is 1.12 bits per heavy atom. The van der Waals surface area contributed by atoms with Gasteiger partial charge in [0, 0.05) is 12.1 Å². The molecule has 130 valence electrons. The van der Waals surface area contributed by atoms with Crippen molar-refractivity contribution in [3.8, 4) is 0 Å². The molecule has 2 atom stereocenters. The lowest BCUT2D eigenvalue weighted by molar-refractivity contribution is -0.151. The number of benzene rings is 2. The van der Waals surface area contributed by atoms with Gasteiger partial charge in [0.25, 0.3) is 0 Å². The van der Waals surface area contributed by atoms with Gasteiger partial charge in [0.2, 0.25) is 5.91 Å². The summed E-state index contributed by atoms with van der Waals surface area (Å²) >= 11 is 0. The van der Waals surface area contributed by atoms with Crippen LogP contribution in [-0.4, -0.2) is 28.4 Å². The Balaban J connectivity index is 1.98. The third kappa shape index (κ3) is 2.99. The molecule has 25 heavy (non-hydrogen) atoms. The molecular formula is C19H17F2NO3. The van der Waals surface area contributed by atoms with Crippen LogP contribution >= 0.6 is 0 Å². The minimum absolute atomic E-state index is 0.188. The van der Waals surface area contributed by atoms with Crippen molar-refractivity contribution in [3.05, 3.63) is 70.8 Å². The van der Waals surface area contributed by atoms with Crippen molar-refractivity contribution in [1.82, 2.24) is 4.90 Å². The predicted octanol–water partition coefficient (Wildman–Crippen LogP) is 3.28. The van der Waals surface area contributed by atoms with Gasteiger partial charge in [0.15, 0.2) is 6.04 Å². The lowest BCUT2D eigenvalue weighted by Crippen LogP contribution is -2.45. The molecule has 2 unspecified atom stereocenters. The van der Waals surface area contributed by atoms with Gasteiger partial charge in [-0.2, -0.15) is 0 Å². The Hall–Kier alpha value is -2.76. The Bertz CT molecular complexity index is 817. The van der Waals surface area contributed by atoms with Gasteiger partial charge in [-0.3, -0.25) is 4.79 Å². The van der Waals surface area contributed by atoms with Crippen LogP contribution < -0.4 is 0 Å². The largest absolute Gasteiger partial charge is 0.479 e. The van der Waals surface area contributed by atoms with E-state index in [0.29, 0.717) is 12.0 Å². The molecule has 0 radical (unpaired) electrons. The molecule has 0 bridgehead atoms. The molecule has 3 rings (SSSR count). The normalized spacial score (nSPS) is 17.7. The number of amides is 1. The number of carboxylic acids is 1. The number of halogens is 2. The number of fused-ring (bicyclic) bond motifs is 1. The van der Waals surface area contributed by atoms with Crippen molar-refractivity contribution >= 4 is 11.9 Å². The van der Waals surface area contributed by atoms with Gasteiger partial charge in [-0.25, -0.2) is 13.6 Å². The molecule has 1 aliphatic rings.